The van der Waals surface area contributed by atoms with Gasteiger partial charge in [-0.15, -0.1) is 0 Å². The molecule has 2 amide bonds. The molecule has 2 aromatic carbocycles. The van der Waals surface area contributed by atoms with E-state index in [1.807, 2.05) is 0 Å². The molecule has 0 aliphatic rings. The van der Waals surface area contributed by atoms with Gasteiger partial charge in [0.2, 0.25) is 11.8 Å². The average molecular weight is 359 g/mol. The molecule has 0 saturated heterocycles. The fraction of sp³-hybridized carbons (Fsp3) is 0.0667. The lowest BCUT2D eigenvalue weighted by molar-refractivity contribution is -0.123. The Kier molecular flexibility index (Phi) is 5.52. The highest BCUT2D eigenvalue weighted by atomic mass is 35.5. The van der Waals surface area contributed by atoms with Crippen LogP contribution < -0.4 is 10.6 Å². The van der Waals surface area contributed by atoms with Gasteiger partial charge in [0.25, 0.3) is 0 Å². The second-order valence-corrected chi connectivity index (χ2v) is 5.43. The fourth-order valence-electron chi connectivity index (χ4n) is 1.76. The number of amides is 2. The quantitative estimate of drug-likeness (QED) is 0.803. The number of carbonyl (C=O) groups excluding carboxylic acids is 2. The van der Waals surface area contributed by atoms with E-state index in [0.717, 1.165) is 12.1 Å². The van der Waals surface area contributed by atoms with Gasteiger partial charge in [0.15, 0.2) is 0 Å². The van der Waals surface area contributed by atoms with Gasteiger partial charge in [0.1, 0.15) is 18.1 Å². The molecule has 0 heterocycles. The van der Waals surface area contributed by atoms with Crippen LogP contribution in [0.3, 0.4) is 0 Å². The van der Waals surface area contributed by atoms with Crippen LogP contribution in [0.15, 0.2) is 36.4 Å². The van der Waals surface area contributed by atoms with Crippen LogP contribution in [0.4, 0.5) is 20.2 Å². The summed E-state index contributed by atoms with van der Waals surface area (Å²) in [5.41, 5.74) is 0.114. The van der Waals surface area contributed by atoms with Crippen molar-refractivity contribution in [3.05, 3.63) is 58.1 Å². The maximum Gasteiger partial charge on any atom is 0.233 e. The molecule has 0 aliphatic carbocycles. The summed E-state index contributed by atoms with van der Waals surface area (Å²) in [6.07, 6.45) is -0.555. The normalized spacial score (nSPS) is 10.3. The minimum atomic E-state index is -0.930. The van der Waals surface area contributed by atoms with E-state index in [1.165, 1.54) is 18.2 Å². The standard InChI is InChI=1S/C15H10Cl2F2N2O2/c16-8-3-9(17)5-11(4-8)20-14(22)7-15(23)21-13-2-1-10(18)6-12(13)19/h1-6H,7H2,(H,20,22)(H,21,23). The summed E-state index contributed by atoms with van der Waals surface area (Å²) >= 11 is 11.6. The second kappa shape index (κ2) is 7.39. The second-order valence-electron chi connectivity index (χ2n) is 4.56. The summed E-state index contributed by atoms with van der Waals surface area (Å²) in [4.78, 5) is 23.5. The maximum atomic E-state index is 13.4. The van der Waals surface area contributed by atoms with E-state index < -0.39 is 29.9 Å². The van der Waals surface area contributed by atoms with Crippen molar-refractivity contribution in [3.63, 3.8) is 0 Å². The summed E-state index contributed by atoms with van der Waals surface area (Å²) in [7, 11) is 0. The van der Waals surface area contributed by atoms with Gasteiger partial charge in [0.05, 0.1) is 5.69 Å². The van der Waals surface area contributed by atoms with E-state index >= 15 is 0 Å². The molecule has 2 aromatic rings. The Hall–Kier alpha value is -2.18. The molecule has 2 N–H and O–H groups in total. The molecular weight excluding hydrogens is 349 g/mol. The minimum Gasteiger partial charge on any atom is -0.326 e. The van der Waals surface area contributed by atoms with Gasteiger partial charge in [-0.05, 0) is 30.3 Å². The van der Waals surface area contributed by atoms with Crippen LogP contribution in [0.25, 0.3) is 0 Å². The molecule has 0 fully saturated rings. The van der Waals surface area contributed by atoms with Crippen molar-refractivity contribution in [2.24, 2.45) is 0 Å². The van der Waals surface area contributed by atoms with E-state index in [-0.39, 0.29) is 5.69 Å². The van der Waals surface area contributed by atoms with Crippen molar-refractivity contribution in [1.82, 2.24) is 0 Å². The van der Waals surface area contributed by atoms with Gasteiger partial charge >= 0.3 is 0 Å². The van der Waals surface area contributed by atoms with Crippen molar-refractivity contribution in [1.29, 1.82) is 0 Å². The molecule has 2 rings (SSSR count). The van der Waals surface area contributed by atoms with E-state index in [2.05, 4.69) is 10.6 Å². The van der Waals surface area contributed by atoms with E-state index in [9.17, 15) is 18.4 Å². The molecule has 0 atom stereocenters. The molecule has 0 unspecified atom stereocenters. The van der Waals surface area contributed by atoms with E-state index in [1.54, 1.807) is 0 Å². The Morgan fingerprint density at radius 3 is 2.13 bits per heavy atom. The first kappa shape index (κ1) is 17.2. The number of carbonyl (C=O) groups is 2. The summed E-state index contributed by atoms with van der Waals surface area (Å²) in [6.45, 7) is 0. The summed E-state index contributed by atoms with van der Waals surface area (Å²) in [5.74, 6) is -3.08. The van der Waals surface area contributed by atoms with Gasteiger partial charge in [0, 0.05) is 21.8 Å². The zero-order chi connectivity index (χ0) is 17.0. The molecule has 4 nitrogen and oxygen atoms in total. The largest absolute Gasteiger partial charge is 0.326 e. The van der Waals surface area contributed by atoms with Crippen LogP contribution in [0.5, 0.6) is 0 Å². The number of rotatable bonds is 4. The first-order chi connectivity index (χ1) is 10.8. The lowest BCUT2D eigenvalue weighted by Gasteiger charge is -2.08. The van der Waals surface area contributed by atoms with Gasteiger partial charge < -0.3 is 10.6 Å². The van der Waals surface area contributed by atoms with Gasteiger partial charge in [-0.3, -0.25) is 9.59 Å². The molecular formula is C15H10Cl2F2N2O2. The first-order valence-electron chi connectivity index (χ1n) is 6.34. The Morgan fingerprint density at radius 2 is 1.52 bits per heavy atom. The van der Waals surface area contributed by atoms with Crippen LogP contribution in [0.2, 0.25) is 10.0 Å². The number of nitrogens with one attached hydrogen (secondary N) is 2. The van der Waals surface area contributed by atoms with Crippen LogP contribution in [0.1, 0.15) is 6.42 Å². The van der Waals surface area contributed by atoms with E-state index in [4.69, 9.17) is 23.2 Å². The molecule has 0 aliphatic heterocycles. The fourth-order valence-corrected chi connectivity index (χ4v) is 2.29. The van der Waals surface area contributed by atoms with Crippen LogP contribution >= 0.6 is 23.2 Å². The smallest absolute Gasteiger partial charge is 0.233 e. The predicted octanol–water partition coefficient (Wildman–Crippen LogP) is 4.24. The minimum absolute atomic E-state index is 0.213. The molecule has 0 bridgehead atoms. The Balaban J connectivity index is 1.95. The van der Waals surface area contributed by atoms with Crippen molar-refractivity contribution >= 4 is 46.4 Å². The van der Waals surface area contributed by atoms with Gasteiger partial charge in [-0.1, -0.05) is 23.2 Å². The topological polar surface area (TPSA) is 58.2 Å². The maximum absolute atomic E-state index is 13.4. The lowest BCUT2D eigenvalue weighted by Crippen LogP contribution is -2.21. The van der Waals surface area contributed by atoms with Crippen molar-refractivity contribution in [2.75, 3.05) is 10.6 Å². The molecule has 0 saturated carbocycles. The molecule has 8 heteroatoms. The van der Waals surface area contributed by atoms with Crippen molar-refractivity contribution < 1.29 is 18.4 Å². The summed E-state index contributed by atoms with van der Waals surface area (Å²) < 4.78 is 26.2. The number of halogens is 4. The zero-order valence-electron chi connectivity index (χ0n) is 11.5. The Morgan fingerprint density at radius 1 is 0.913 bits per heavy atom. The highest BCUT2D eigenvalue weighted by Gasteiger charge is 2.13. The van der Waals surface area contributed by atoms with Crippen molar-refractivity contribution in [3.8, 4) is 0 Å². The molecule has 0 spiro atoms. The van der Waals surface area contributed by atoms with Gasteiger partial charge in [-0.25, -0.2) is 8.78 Å². The molecule has 0 radical (unpaired) electrons. The highest BCUT2D eigenvalue weighted by molar-refractivity contribution is 6.35. The van der Waals surface area contributed by atoms with E-state index in [0.29, 0.717) is 21.8 Å². The average Bonchev–Trinajstić information content (AvgIpc) is 2.40. The zero-order valence-corrected chi connectivity index (χ0v) is 13.0. The Labute approximate surface area is 140 Å². The van der Waals surface area contributed by atoms with Gasteiger partial charge in [-0.2, -0.15) is 0 Å². The highest BCUT2D eigenvalue weighted by Crippen LogP contribution is 2.22. The van der Waals surface area contributed by atoms with Crippen LogP contribution in [-0.4, -0.2) is 11.8 Å². The third kappa shape index (κ3) is 5.19. The molecule has 23 heavy (non-hydrogen) atoms. The Bertz CT molecular complexity index is 749. The lowest BCUT2D eigenvalue weighted by atomic mass is 10.2. The summed E-state index contributed by atoms with van der Waals surface area (Å²) in [5, 5.41) is 5.27. The molecule has 120 valence electrons. The van der Waals surface area contributed by atoms with Crippen LogP contribution in [0, 0.1) is 11.6 Å². The number of anilines is 2. The number of hydrogen-bond acceptors (Lipinski definition) is 2. The molecule has 0 aromatic heterocycles. The number of benzene rings is 2. The first-order valence-corrected chi connectivity index (χ1v) is 7.10. The van der Waals surface area contributed by atoms with Crippen molar-refractivity contribution in [2.45, 2.75) is 6.42 Å². The van der Waals surface area contributed by atoms with Crippen LogP contribution in [-0.2, 0) is 9.59 Å². The summed E-state index contributed by atoms with van der Waals surface area (Å²) in [6, 6.07) is 7.10. The third-order valence-electron chi connectivity index (χ3n) is 2.67. The third-order valence-corrected chi connectivity index (χ3v) is 3.11. The number of hydrogen-bond donors (Lipinski definition) is 2. The predicted molar refractivity (Wildman–Crippen MR) is 84.7 cm³/mol. The SMILES string of the molecule is O=C(CC(=O)Nc1ccc(F)cc1F)Nc1cc(Cl)cc(Cl)c1. The monoisotopic (exact) mass is 358 g/mol.